The Bertz CT molecular complexity index is 750. The maximum absolute atomic E-state index is 12.2. The van der Waals surface area contributed by atoms with Gasteiger partial charge in [-0.1, -0.05) is 0 Å². The number of rotatable bonds is 6. The SMILES string of the molecule is COc1ccc(C(C)=O)cc1COC(=O)C1CCN(S(C)(=O)=O)CC1. The highest BCUT2D eigenvalue weighted by Gasteiger charge is 2.30. The lowest BCUT2D eigenvalue weighted by atomic mass is 9.98. The molecule has 1 heterocycles. The second-order valence-corrected chi connectivity index (χ2v) is 8.11. The molecule has 25 heavy (non-hydrogen) atoms. The standard InChI is InChI=1S/C17H23NO6S/c1-12(19)14-4-5-16(23-2)15(10-14)11-24-17(20)13-6-8-18(9-7-13)25(3,21)22/h4-5,10,13H,6-9,11H2,1-3H3. The highest BCUT2D eigenvalue weighted by atomic mass is 32.2. The van der Waals surface area contributed by atoms with Crippen molar-refractivity contribution in [3.8, 4) is 5.75 Å². The third-order valence-electron chi connectivity index (χ3n) is 4.31. The number of sulfonamides is 1. The average Bonchev–Trinajstić information content (AvgIpc) is 2.58. The van der Waals surface area contributed by atoms with E-state index in [9.17, 15) is 18.0 Å². The number of nitrogens with zero attached hydrogens (tertiary/aromatic N) is 1. The molecular weight excluding hydrogens is 346 g/mol. The Labute approximate surface area is 148 Å². The molecule has 1 aromatic carbocycles. The van der Waals surface area contributed by atoms with Crippen LogP contribution in [0.1, 0.15) is 35.7 Å². The van der Waals surface area contributed by atoms with Gasteiger partial charge in [-0.05, 0) is 38.0 Å². The minimum absolute atomic E-state index is 0.00934. The Balaban J connectivity index is 1.96. The van der Waals surface area contributed by atoms with E-state index in [4.69, 9.17) is 9.47 Å². The molecule has 1 saturated heterocycles. The van der Waals surface area contributed by atoms with E-state index in [2.05, 4.69) is 0 Å². The van der Waals surface area contributed by atoms with E-state index in [1.807, 2.05) is 0 Å². The Hall–Kier alpha value is -1.93. The lowest BCUT2D eigenvalue weighted by molar-refractivity contribution is -0.151. The maximum Gasteiger partial charge on any atom is 0.309 e. The van der Waals surface area contributed by atoms with Crippen LogP contribution in [0.3, 0.4) is 0 Å². The molecule has 138 valence electrons. The van der Waals surface area contributed by atoms with Crippen LogP contribution in [0.2, 0.25) is 0 Å². The lowest BCUT2D eigenvalue weighted by Gasteiger charge is -2.28. The van der Waals surface area contributed by atoms with Gasteiger partial charge in [0.05, 0.1) is 19.3 Å². The molecule has 1 aliphatic rings. The molecule has 1 aliphatic heterocycles. The molecule has 0 atom stereocenters. The molecule has 0 radical (unpaired) electrons. The minimum Gasteiger partial charge on any atom is -0.496 e. The summed E-state index contributed by atoms with van der Waals surface area (Å²) in [6.07, 6.45) is 2.05. The topological polar surface area (TPSA) is 90.0 Å². The van der Waals surface area contributed by atoms with Crippen molar-refractivity contribution in [3.05, 3.63) is 29.3 Å². The van der Waals surface area contributed by atoms with E-state index < -0.39 is 10.0 Å². The van der Waals surface area contributed by atoms with Crippen LogP contribution >= 0.6 is 0 Å². The largest absolute Gasteiger partial charge is 0.496 e. The van der Waals surface area contributed by atoms with Crippen LogP contribution in [0.5, 0.6) is 5.75 Å². The minimum atomic E-state index is -3.22. The van der Waals surface area contributed by atoms with Gasteiger partial charge in [0.1, 0.15) is 12.4 Å². The fourth-order valence-corrected chi connectivity index (χ4v) is 3.67. The van der Waals surface area contributed by atoms with Gasteiger partial charge < -0.3 is 9.47 Å². The zero-order chi connectivity index (χ0) is 18.6. The number of piperidine rings is 1. The summed E-state index contributed by atoms with van der Waals surface area (Å²) in [5.74, 6) is -0.212. The first-order valence-corrected chi connectivity index (χ1v) is 9.87. The molecule has 0 bridgehead atoms. The first-order chi connectivity index (χ1) is 11.7. The van der Waals surface area contributed by atoms with Crippen molar-refractivity contribution >= 4 is 21.8 Å². The van der Waals surface area contributed by atoms with E-state index in [0.29, 0.717) is 42.8 Å². The smallest absolute Gasteiger partial charge is 0.309 e. The maximum atomic E-state index is 12.2. The van der Waals surface area contributed by atoms with E-state index in [1.54, 1.807) is 18.2 Å². The van der Waals surface area contributed by atoms with Crippen molar-refractivity contribution in [1.29, 1.82) is 0 Å². The first-order valence-electron chi connectivity index (χ1n) is 8.02. The zero-order valence-electron chi connectivity index (χ0n) is 14.6. The van der Waals surface area contributed by atoms with Crippen LogP contribution in [-0.4, -0.2) is 50.9 Å². The molecule has 8 heteroatoms. The summed E-state index contributed by atoms with van der Waals surface area (Å²) in [7, 11) is -1.71. The van der Waals surface area contributed by atoms with Crippen molar-refractivity contribution in [2.45, 2.75) is 26.4 Å². The quantitative estimate of drug-likeness (QED) is 0.559. The van der Waals surface area contributed by atoms with Gasteiger partial charge in [-0.25, -0.2) is 12.7 Å². The fraction of sp³-hybridized carbons (Fsp3) is 0.529. The molecule has 0 N–H and O–H groups in total. The van der Waals surface area contributed by atoms with Crippen LogP contribution in [0.15, 0.2) is 18.2 Å². The molecule has 0 amide bonds. The number of ketones is 1. The second-order valence-electron chi connectivity index (χ2n) is 6.13. The number of carbonyl (C=O) groups excluding carboxylic acids is 2. The third-order valence-corrected chi connectivity index (χ3v) is 5.62. The molecule has 0 aromatic heterocycles. The number of benzene rings is 1. The third kappa shape index (κ3) is 5.02. The van der Waals surface area contributed by atoms with Crippen molar-refractivity contribution in [3.63, 3.8) is 0 Å². The van der Waals surface area contributed by atoms with Crippen molar-refractivity contribution in [2.75, 3.05) is 26.5 Å². The zero-order valence-corrected chi connectivity index (χ0v) is 15.5. The van der Waals surface area contributed by atoms with Crippen LogP contribution < -0.4 is 4.74 Å². The predicted octanol–water partition coefficient (Wildman–Crippen LogP) is 1.61. The van der Waals surface area contributed by atoms with Gasteiger partial charge in [0.2, 0.25) is 10.0 Å². The number of hydrogen-bond acceptors (Lipinski definition) is 6. The van der Waals surface area contributed by atoms with E-state index in [1.165, 1.54) is 24.6 Å². The summed E-state index contributed by atoms with van der Waals surface area (Å²) >= 11 is 0. The molecule has 2 rings (SSSR count). The van der Waals surface area contributed by atoms with Crippen LogP contribution in [0.25, 0.3) is 0 Å². The monoisotopic (exact) mass is 369 g/mol. The van der Waals surface area contributed by atoms with Crippen LogP contribution in [0, 0.1) is 5.92 Å². The van der Waals surface area contributed by atoms with Gasteiger partial charge in [-0.15, -0.1) is 0 Å². The Kier molecular flexibility index (Phi) is 6.18. The number of carbonyl (C=O) groups is 2. The summed E-state index contributed by atoms with van der Waals surface area (Å²) < 4.78 is 35.0. The highest BCUT2D eigenvalue weighted by Crippen LogP contribution is 2.24. The van der Waals surface area contributed by atoms with Gasteiger partial charge in [-0.3, -0.25) is 9.59 Å². The first kappa shape index (κ1) is 19.4. The highest BCUT2D eigenvalue weighted by molar-refractivity contribution is 7.88. The molecule has 7 nitrogen and oxygen atoms in total. The summed E-state index contributed by atoms with van der Waals surface area (Å²) in [4.78, 5) is 23.7. The Morgan fingerprint density at radius 1 is 1.24 bits per heavy atom. The molecule has 0 unspecified atom stereocenters. The van der Waals surface area contributed by atoms with Crippen molar-refractivity contribution < 1.29 is 27.5 Å². The fourth-order valence-electron chi connectivity index (χ4n) is 2.80. The molecular formula is C17H23NO6S. The molecule has 1 fully saturated rings. The summed E-state index contributed by atoms with van der Waals surface area (Å²) in [6.45, 7) is 2.12. The van der Waals surface area contributed by atoms with Gasteiger partial charge in [-0.2, -0.15) is 0 Å². The molecule has 1 aromatic rings. The second kappa shape index (κ2) is 7.97. The van der Waals surface area contributed by atoms with E-state index in [-0.39, 0.29) is 24.3 Å². The molecule has 0 aliphatic carbocycles. The lowest BCUT2D eigenvalue weighted by Crippen LogP contribution is -2.40. The van der Waals surface area contributed by atoms with Gasteiger partial charge in [0.25, 0.3) is 0 Å². The Morgan fingerprint density at radius 2 is 1.88 bits per heavy atom. The normalized spacial score (nSPS) is 16.4. The average molecular weight is 369 g/mol. The predicted molar refractivity (Wildman–Crippen MR) is 91.9 cm³/mol. The van der Waals surface area contributed by atoms with Crippen molar-refractivity contribution in [2.24, 2.45) is 5.92 Å². The number of ether oxygens (including phenoxy) is 2. The molecule has 0 saturated carbocycles. The summed E-state index contributed by atoms with van der Waals surface area (Å²) in [5.41, 5.74) is 1.14. The van der Waals surface area contributed by atoms with E-state index in [0.717, 1.165) is 0 Å². The number of Topliss-reactive ketones (excluding diaryl/α,β-unsaturated/α-hetero) is 1. The Morgan fingerprint density at radius 3 is 2.40 bits per heavy atom. The van der Waals surface area contributed by atoms with Crippen molar-refractivity contribution in [1.82, 2.24) is 4.31 Å². The van der Waals surface area contributed by atoms with Gasteiger partial charge in [0.15, 0.2) is 5.78 Å². The number of methoxy groups -OCH3 is 1. The number of hydrogen-bond donors (Lipinski definition) is 0. The summed E-state index contributed by atoms with van der Waals surface area (Å²) in [6, 6.07) is 4.98. The van der Waals surface area contributed by atoms with Gasteiger partial charge >= 0.3 is 5.97 Å². The van der Waals surface area contributed by atoms with Gasteiger partial charge in [0, 0.05) is 24.2 Å². The number of esters is 1. The molecule has 0 spiro atoms. The van der Waals surface area contributed by atoms with Crippen LogP contribution in [-0.2, 0) is 26.2 Å². The summed E-state index contributed by atoms with van der Waals surface area (Å²) in [5, 5.41) is 0. The van der Waals surface area contributed by atoms with Crippen LogP contribution in [0.4, 0.5) is 0 Å². The van der Waals surface area contributed by atoms with E-state index >= 15 is 0 Å².